The first-order valence-electron chi connectivity index (χ1n) is 7.88. The van der Waals surface area contributed by atoms with Crippen LogP contribution in [-0.2, 0) is 6.54 Å². The Balaban J connectivity index is 1.87. The Morgan fingerprint density at radius 1 is 1.23 bits per heavy atom. The molecule has 8 nitrogen and oxygen atoms in total. The highest BCUT2D eigenvalue weighted by atomic mass is 35.5. The van der Waals surface area contributed by atoms with Crippen LogP contribution < -0.4 is 5.69 Å². The van der Waals surface area contributed by atoms with Crippen LogP contribution >= 0.6 is 11.6 Å². The van der Waals surface area contributed by atoms with E-state index in [0.29, 0.717) is 10.6 Å². The van der Waals surface area contributed by atoms with E-state index in [1.54, 1.807) is 31.2 Å². The summed E-state index contributed by atoms with van der Waals surface area (Å²) in [7, 11) is 0. The molecule has 0 aliphatic heterocycles. The van der Waals surface area contributed by atoms with Gasteiger partial charge in [0, 0.05) is 16.7 Å². The summed E-state index contributed by atoms with van der Waals surface area (Å²) in [4.78, 5) is 23.1. The Kier molecular flexibility index (Phi) is 4.85. The molecule has 0 aliphatic rings. The first-order valence-corrected chi connectivity index (χ1v) is 8.26. The summed E-state index contributed by atoms with van der Waals surface area (Å²) in [5.74, 6) is 0. The normalized spacial score (nSPS) is 12.1. The maximum atomic E-state index is 12.6. The van der Waals surface area contributed by atoms with Crippen molar-refractivity contribution in [2.24, 2.45) is 0 Å². The number of hydrogen-bond acceptors (Lipinski definition) is 5. The van der Waals surface area contributed by atoms with E-state index in [1.165, 1.54) is 15.4 Å². The molecule has 0 aliphatic carbocycles. The van der Waals surface area contributed by atoms with Gasteiger partial charge in [-0.15, -0.1) is 0 Å². The third kappa shape index (κ3) is 3.50. The molecule has 2 aromatic carbocycles. The molecule has 1 heterocycles. The largest absolute Gasteiger partial charge is 0.364 e. The van der Waals surface area contributed by atoms with Crippen molar-refractivity contribution in [2.75, 3.05) is 0 Å². The van der Waals surface area contributed by atoms with Gasteiger partial charge >= 0.3 is 5.69 Å². The molecular weight excluding hydrogens is 358 g/mol. The Morgan fingerprint density at radius 3 is 2.65 bits per heavy atom. The minimum absolute atomic E-state index is 0.0410. The summed E-state index contributed by atoms with van der Waals surface area (Å²) in [6, 6.07) is 11.6. The molecule has 134 valence electrons. The van der Waals surface area contributed by atoms with Crippen LogP contribution in [0, 0.1) is 17.0 Å². The number of nitrogens with zero attached hydrogens (tertiary/aromatic N) is 5. The molecule has 0 saturated carbocycles. The van der Waals surface area contributed by atoms with Crippen molar-refractivity contribution in [1.29, 1.82) is 0 Å². The van der Waals surface area contributed by atoms with Crippen molar-refractivity contribution in [1.82, 2.24) is 19.8 Å². The maximum absolute atomic E-state index is 12.6. The lowest BCUT2D eigenvalue weighted by molar-refractivity contribution is -0.385. The van der Waals surface area contributed by atoms with E-state index in [1.807, 2.05) is 19.1 Å². The van der Waals surface area contributed by atoms with Gasteiger partial charge in [0.1, 0.15) is 0 Å². The fraction of sp³-hybridized carbons (Fsp3) is 0.235. The van der Waals surface area contributed by atoms with Gasteiger partial charge in [0.2, 0.25) is 0 Å². The molecular formula is C17H16ClN5O3. The molecule has 1 unspecified atom stereocenters. The Labute approximate surface area is 153 Å². The number of nitro benzene ring substituents is 1. The van der Waals surface area contributed by atoms with E-state index in [-0.39, 0.29) is 24.0 Å². The zero-order valence-electron chi connectivity index (χ0n) is 14.2. The average Bonchev–Trinajstić information content (AvgIpc) is 2.94. The van der Waals surface area contributed by atoms with Gasteiger partial charge in [-0.1, -0.05) is 29.8 Å². The molecule has 1 atom stereocenters. The number of aromatic nitrogens is 4. The Hall–Kier alpha value is -3.00. The van der Waals surface area contributed by atoms with Gasteiger partial charge in [-0.05, 0) is 53.6 Å². The lowest BCUT2D eigenvalue weighted by Gasteiger charge is -2.10. The maximum Gasteiger partial charge on any atom is 0.364 e. The van der Waals surface area contributed by atoms with Crippen molar-refractivity contribution in [3.63, 3.8) is 0 Å². The molecule has 1 aromatic heterocycles. The van der Waals surface area contributed by atoms with Crippen LogP contribution in [0.25, 0.3) is 0 Å². The molecule has 3 aromatic rings. The van der Waals surface area contributed by atoms with Gasteiger partial charge in [0.25, 0.3) is 5.69 Å². The molecule has 0 amide bonds. The second kappa shape index (κ2) is 7.09. The quantitative estimate of drug-likeness (QED) is 0.506. The molecule has 26 heavy (non-hydrogen) atoms. The van der Waals surface area contributed by atoms with E-state index in [9.17, 15) is 14.9 Å². The molecule has 0 spiro atoms. The van der Waals surface area contributed by atoms with Crippen LogP contribution in [0.4, 0.5) is 5.69 Å². The minimum Gasteiger partial charge on any atom is -0.258 e. The molecule has 0 radical (unpaired) electrons. The predicted octanol–water partition coefficient (Wildman–Crippen LogP) is 2.97. The highest BCUT2D eigenvalue weighted by Crippen LogP contribution is 2.20. The van der Waals surface area contributed by atoms with Crippen LogP contribution in [0.3, 0.4) is 0 Å². The van der Waals surface area contributed by atoms with Crippen molar-refractivity contribution in [3.8, 4) is 0 Å². The van der Waals surface area contributed by atoms with E-state index < -0.39 is 4.92 Å². The van der Waals surface area contributed by atoms with Crippen LogP contribution in [0.5, 0.6) is 0 Å². The number of nitro groups is 1. The molecule has 0 bridgehead atoms. The number of halogens is 1. The van der Waals surface area contributed by atoms with Gasteiger partial charge < -0.3 is 0 Å². The molecule has 0 saturated heterocycles. The Bertz CT molecular complexity index is 1030. The number of tetrazole rings is 1. The fourth-order valence-electron chi connectivity index (χ4n) is 2.73. The van der Waals surface area contributed by atoms with Crippen LogP contribution in [-0.4, -0.2) is 24.7 Å². The fourth-order valence-corrected chi connectivity index (χ4v) is 2.93. The lowest BCUT2D eigenvalue weighted by Crippen LogP contribution is -2.28. The molecule has 0 fully saturated rings. The topological polar surface area (TPSA) is 95.8 Å². The van der Waals surface area contributed by atoms with Gasteiger partial charge in [-0.25, -0.2) is 4.79 Å². The van der Waals surface area contributed by atoms with Crippen molar-refractivity contribution >= 4 is 17.3 Å². The average molecular weight is 374 g/mol. The van der Waals surface area contributed by atoms with Crippen molar-refractivity contribution < 1.29 is 4.92 Å². The van der Waals surface area contributed by atoms with Gasteiger partial charge in [0.05, 0.1) is 17.5 Å². The third-order valence-corrected chi connectivity index (χ3v) is 4.38. The zero-order chi connectivity index (χ0) is 18.8. The van der Waals surface area contributed by atoms with Crippen LogP contribution in [0.15, 0.2) is 47.3 Å². The second-order valence-corrected chi connectivity index (χ2v) is 6.41. The molecule has 0 N–H and O–H groups in total. The van der Waals surface area contributed by atoms with E-state index in [2.05, 4.69) is 10.4 Å². The second-order valence-electron chi connectivity index (χ2n) is 5.97. The summed E-state index contributed by atoms with van der Waals surface area (Å²) < 4.78 is 2.51. The summed E-state index contributed by atoms with van der Waals surface area (Å²) in [5.41, 5.74) is 1.78. The van der Waals surface area contributed by atoms with E-state index in [4.69, 9.17) is 11.6 Å². The number of aryl methyl sites for hydroxylation is 1. The summed E-state index contributed by atoms with van der Waals surface area (Å²) >= 11 is 6.00. The third-order valence-electron chi connectivity index (χ3n) is 4.15. The van der Waals surface area contributed by atoms with Crippen LogP contribution in [0.2, 0.25) is 5.02 Å². The van der Waals surface area contributed by atoms with Gasteiger partial charge in [-0.2, -0.15) is 9.36 Å². The standard InChI is InChI=1S/C17H16ClN5O3/c1-11-8-13(6-7-16(11)23(25)26)10-21-17(24)22(20-19-21)12(2)14-4-3-5-15(18)9-14/h3-9,12H,10H2,1-2H3. The monoisotopic (exact) mass is 373 g/mol. The zero-order valence-corrected chi connectivity index (χ0v) is 14.9. The highest BCUT2D eigenvalue weighted by Gasteiger charge is 2.16. The first kappa shape index (κ1) is 17.8. The number of benzene rings is 2. The highest BCUT2D eigenvalue weighted by molar-refractivity contribution is 6.30. The smallest absolute Gasteiger partial charge is 0.258 e. The SMILES string of the molecule is Cc1cc(Cn2nnn(C(C)c3cccc(Cl)c3)c2=O)ccc1[N+](=O)[O-]. The van der Waals surface area contributed by atoms with Crippen molar-refractivity contribution in [2.45, 2.75) is 26.4 Å². The molecule has 9 heteroatoms. The lowest BCUT2D eigenvalue weighted by atomic mass is 10.1. The summed E-state index contributed by atoms with van der Waals surface area (Å²) in [6.45, 7) is 3.67. The van der Waals surface area contributed by atoms with Gasteiger partial charge in [-0.3, -0.25) is 10.1 Å². The Morgan fingerprint density at radius 2 is 2.00 bits per heavy atom. The number of rotatable bonds is 5. The van der Waals surface area contributed by atoms with E-state index >= 15 is 0 Å². The first-order chi connectivity index (χ1) is 12.4. The number of hydrogen-bond donors (Lipinski definition) is 0. The van der Waals surface area contributed by atoms with Crippen LogP contribution in [0.1, 0.15) is 29.7 Å². The molecule has 3 rings (SSSR count). The predicted molar refractivity (Wildman–Crippen MR) is 96.5 cm³/mol. The minimum atomic E-state index is -0.436. The van der Waals surface area contributed by atoms with Gasteiger partial charge in [0.15, 0.2) is 0 Å². The van der Waals surface area contributed by atoms with Crippen molar-refractivity contribution in [3.05, 3.63) is 84.8 Å². The summed E-state index contributed by atoms with van der Waals surface area (Å²) in [5, 5.41) is 19.3. The van der Waals surface area contributed by atoms with E-state index in [0.717, 1.165) is 11.1 Å². The summed E-state index contributed by atoms with van der Waals surface area (Å²) in [6.07, 6.45) is 0.